The summed E-state index contributed by atoms with van der Waals surface area (Å²) in [6.45, 7) is 5.75. The number of carbonyl (C=O) groups excluding carboxylic acids is 2. The molecule has 1 heterocycles. The summed E-state index contributed by atoms with van der Waals surface area (Å²) in [4.78, 5) is 26.9. The van der Waals surface area contributed by atoms with E-state index < -0.39 is 5.54 Å². The molecule has 2 fully saturated rings. The molecule has 1 N–H and O–H groups in total. The van der Waals surface area contributed by atoms with E-state index >= 15 is 0 Å². The van der Waals surface area contributed by atoms with Crippen LogP contribution in [0, 0.1) is 5.92 Å². The molecule has 2 aliphatic rings. The first-order valence-electron chi connectivity index (χ1n) is 8.21. The molecular formula is C16H28N2O2. The first-order chi connectivity index (χ1) is 9.61. The van der Waals surface area contributed by atoms with Crippen molar-refractivity contribution in [1.29, 1.82) is 0 Å². The zero-order chi connectivity index (χ0) is 14.6. The van der Waals surface area contributed by atoms with Crippen LogP contribution in [0.3, 0.4) is 0 Å². The number of hydrogen-bond acceptors (Lipinski definition) is 2. The molecule has 4 nitrogen and oxygen atoms in total. The third-order valence-corrected chi connectivity index (χ3v) is 5.02. The number of rotatable bonds is 4. The highest BCUT2D eigenvalue weighted by Crippen LogP contribution is 2.32. The first-order valence-corrected chi connectivity index (χ1v) is 8.21. The Balaban J connectivity index is 2.16. The molecule has 20 heavy (non-hydrogen) atoms. The van der Waals surface area contributed by atoms with E-state index in [-0.39, 0.29) is 11.8 Å². The Hall–Kier alpha value is -1.06. The zero-order valence-electron chi connectivity index (χ0n) is 12.9. The summed E-state index contributed by atoms with van der Waals surface area (Å²) in [6.07, 6.45) is 7.54. The number of hydrogen-bond donors (Lipinski definition) is 1. The highest BCUT2D eigenvalue weighted by molar-refractivity contribution is 5.93. The van der Waals surface area contributed by atoms with Gasteiger partial charge in [-0.2, -0.15) is 0 Å². The van der Waals surface area contributed by atoms with Gasteiger partial charge in [-0.3, -0.25) is 9.59 Å². The standard InChI is InChI=1S/C16H28N2O2/c1-3-13(4-2)12-18-11-8-14(19)17-16(15(18)20)9-6-5-7-10-16/h13H,3-12H2,1-2H3,(H,17,19). The van der Waals surface area contributed by atoms with E-state index in [0.717, 1.165) is 45.1 Å². The lowest BCUT2D eigenvalue weighted by Crippen LogP contribution is -2.58. The number of amides is 2. The van der Waals surface area contributed by atoms with Crippen molar-refractivity contribution in [2.75, 3.05) is 13.1 Å². The van der Waals surface area contributed by atoms with E-state index in [4.69, 9.17) is 0 Å². The van der Waals surface area contributed by atoms with Crippen molar-refractivity contribution >= 4 is 11.8 Å². The van der Waals surface area contributed by atoms with E-state index in [9.17, 15) is 9.59 Å². The maximum atomic E-state index is 12.9. The van der Waals surface area contributed by atoms with E-state index in [1.165, 1.54) is 6.42 Å². The van der Waals surface area contributed by atoms with E-state index in [0.29, 0.717) is 18.9 Å². The van der Waals surface area contributed by atoms with Gasteiger partial charge in [0.15, 0.2) is 0 Å². The number of carbonyl (C=O) groups is 2. The zero-order valence-corrected chi connectivity index (χ0v) is 12.9. The van der Waals surface area contributed by atoms with Crippen LogP contribution in [0.25, 0.3) is 0 Å². The minimum Gasteiger partial charge on any atom is -0.342 e. The highest BCUT2D eigenvalue weighted by atomic mass is 16.2. The molecule has 0 bridgehead atoms. The maximum Gasteiger partial charge on any atom is 0.248 e. The van der Waals surface area contributed by atoms with Crippen LogP contribution in [-0.4, -0.2) is 35.3 Å². The summed E-state index contributed by atoms with van der Waals surface area (Å²) in [5.74, 6) is 0.773. The van der Waals surface area contributed by atoms with Gasteiger partial charge in [0.25, 0.3) is 0 Å². The molecule has 0 aromatic rings. The van der Waals surface area contributed by atoms with E-state index in [1.54, 1.807) is 0 Å². The highest BCUT2D eigenvalue weighted by Gasteiger charge is 2.45. The Morgan fingerprint density at radius 3 is 2.40 bits per heavy atom. The van der Waals surface area contributed by atoms with Crippen molar-refractivity contribution in [2.45, 2.75) is 70.8 Å². The van der Waals surface area contributed by atoms with Gasteiger partial charge < -0.3 is 10.2 Å². The van der Waals surface area contributed by atoms with Gasteiger partial charge in [-0.15, -0.1) is 0 Å². The minimum atomic E-state index is -0.585. The fraction of sp³-hybridized carbons (Fsp3) is 0.875. The van der Waals surface area contributed by atoms with Crippen LogP contribution in [-0.2, 0) is 9.59 Å². The Morgan fingerprint density at radius 2 is 1.80 bits per heavy atom. The second kappa shape index (κ2) is 6.59. The molecule has 1 aliphatic heterocycles. The van der Waals surface area contributed by atoms with Crippen LogP contribution < -0.4 is 5.32 Å². The normalized spacial score (nSPS) is 23.1. The molecule has 4 heteroatoms. The molecule has 0 aromatic heterocycles. The molecule has 114 valence electrons. The van der Waals surface area contributed by atoms with Gasteiger partial charge in [-0.25, -0.2) is 0 Å². The van der Waals surface area contributed by atoms with Crippen LogP contribution in [0.15, 0.2) is 0 Å². The molecule has 0 aromatic carbocycles. The third-order valence-electron chi connectivity index (χ3n) is 5.02. The molecule has 1 aliphatic carbocycles. The van der Waals surface area contributed by atoms with Gasteiger partial charge in [-0.05, 0) is 18.8 Å². The van der Waals surface area contributed by atoms with Crippen LogP contribution in [0.4, 0.5) is 0 Å². The Labute approximate surface area is 122 Å². The summed E-state index contributed by atoms with van der Waals surface area (Å²) < 4.78 is 0. The van der Waals surface area contributed by atoms with Gasteiger partial charge in [0.05, 0.1) is 0 Å². The van der Waals surface area contributed by atoms with Gasteiger partial charge >= 0.3 is 0 Å². The summed E-state index contributed by atoms with van der Waals surface area (Å²) in [5, 5.41) is 3.05. The first kappa shape index (κ1) is 15.3. The second-order valence-corrected chi connectivity index (χ2v) is 6.37. The van der Waals surface area contributed by atoms with Gasteiger partial charge in [0.1, 0.15) is 5.54 Å². The van der Waals surface area contributed by atoms with E-state index in [1.807, 2.05) is 4.90 Å². The van der Waals surface area contributed by atoms with Crippen LogP contribution in [0.5, 0.6) is 0 Å². The lowest BCUT2D eigenvalue weighted by Gasteiger charge is -2.38. The molecular weight excluding hydrogens is 252 g/mol. The average Bonchev–Trinajstić information content (AvgIpc) is 2.57. The summed E-state index contributed by atoms with van der Waals surface area (Å²) in [5.41, 5.74) is -0.585. The molecule has 0 unspecified atom stereocenters. The molecule has 0 atom stereocenters. The molecule has 1 saturated heterocycles. The molecule has 1 spiro atoms. The third kappa shape index (κ3) is 3.15. The van der Waals surface area contributed by atoms with Crippen molar-refractivity contribution < 1.29 is 9.59 Å². The molecule has 2 rings (SSSR count). The lowest BCUT2D eigenvalue weighted by atomic mass is 9.80. The quantitative estimate of drug-likeness (QED) is 0.860. The molecule has 1 saturated carbocycles. The largest absolute Gasteiger partial charge is 0.342 e. The van der Waals surface area contributed by atoms with Crippen molar-refractivity contribution in [3.63, 3.8) is 0 Å². The molecule has 0 radical (unpaired) electrons. The number of nitrogens with zero attached hydrogens (tertiary/aromatic N) is 1. The topological polar surface area (TPSA) is 49.4 Å². The average molecular weight is 280 g/mol. The van der Waals surface area contributed by atoms with E-state index in [2.05, 4.69) is 19.2 Å². The fourth-order valence-corrected chi connectivity index (χ4v) is 3.55. The second-order valence-electron chi connectivity index (χ2n) is 6.37. The van der Waals surface area contributed by atoms with Crippen molar-refractivity contribution in [3.8, 4) is 0 Å². The Bertz CT molecular complexity index is 357. The monoisotopic (exact) mass is 280 g/mol. The Kier molecular flexibility index (Phi) is 5.06. The Morgan fingerprint density at radius 1 is 1.15 bits per heavy atom. The summed E-state index contributed by atoms with van der Waals surface area (Å²) in [7, 11) is 0. The smallest absolute Gasteiger partial charge is 0.248 e. The maximum absolute atomic E-state index is 12.9. The van der Waals surface area contributed by atoms with Crippen LogP contribution >= 0.6 is 0 Å². The van der Waals surface area contributed by atoms with Crippen molar-refractivity contribution in [2.24, 2.45) is 5.92 Å². The van der Waals surface area contributed by atoms with Crippen LogP contribution in [0.2, 0.25) is 0 Å². The summed E-state index contributed by atoms with van der Waals surface area (Å²) in [6, 6.07) is 0. The predicted octanol–water partition coefficient (Wildman–Crippen LogP) is 2.47. The van der Waals surface area contributed by atoms with Crippen molar-refractivity contribution in [1.82, 2.24) is 10.2 Å². The van der Waals surface area contributed by atoms with Gasteiger partial charge in [0.2, 0.25) is 11.8 Å². The SMILES string of the molecule is CCC(CC)CN1CCC(=O)NC2(CCCCC2)C1=O. The lowest BCUT2D eigenvalue weighted by molar-refractivity contribution is -0.141. The van der Waals surface area contributed by atoms with Gasteiger partial charge in [0, 0.05) is 19.5 Å². The van der Waals surface area contributed by atoms with Gasteiger partial charge in [-0.1, -0.05) is 46.0 Å². The number of nitrogens with one attached hydrogen (secondary N) is 1. The minimum absolute atomic E-state index is 0.0484. The van der Waals surface area contributed by atoms with Crippen molar-refractivity contribution in [3.05, 3.63) is 0 Å². The fourth-order valence-electron chi connectivity index (χ4n) is 3.55. The predicted molar refractivity (Wildman–Crippen MR) is 79.2 cm³/mol. The molecule has 2 amide bonds. The summed E-state index contributed by atoms with van der Waals surface area (Å²) >= 11 is 0. The van der Waals surface area contributed by atoms with Crippen LogP contribution in [0.1, 0.15) is 65.2 Å².